The largest absolute Gasteiger partial charge is 0.375 e. The Bertz CT molecular complexity index is 176. The molecule has 1 atom stereocenters. The van der Waals surface area contributed by atoms with Gasteiger partial charge in [0.1, 0.15) is 0 Å². The molecule has 0 N–H and O–H groups in total. The van der Waals surface area contributed by atoms with Gasteiger partial charge < -0.3 is 9.64 Å². The van der Waals surface area contributed by atoms with Gasteiger partial charge in [-0.1, -0.05) is 39.0 Å². The van der Waals surface area contributed by atoms with Crippen LogP contribution in [0.2, 0.25) is 0 Å². The summed E-state index contributed by atoms with van der Waals surface area (Å²) < 4.78 is 6.12. The molecule has 1 aliphatic heterocycles. The van der Waals surface area contributed by atoms with Crippen molar-refractivity contribution in [2.24, 2.45) is 0 Å². The lowest BCUT2D eigenvalue weighted by atomic mass is 10.1. The standard InChI is InChI=1S/C15H31NO/c1-4-5-6-7-8-9-14(2)17-15-10-12-16(3)13-11-15/h14-15H,4-13H2,1-3H3. The van der Waals surface area contributed by atoms with Crippen molar-refractivity contribution in [3.05, 3.63) is 0 Å². The van der Waals surface area contributed by atoms with Gasteiger partial charge in [0.05, 0.1) is 12.2 Å². The highest BCUT2D eigenvalue weighted by Crippen LogP contribution is 2.17. The summed E-state index contributed by atoms with van der Waals surface area (Å²) >= 11 is 0. The Morgan fingerprint density at radius 1 is 1.12 bits per heavy atom. The third-order valence-corrected chi connectivity index (χ3v) is 3.80. The van der Waals surface area contributed by atoms with Crippen molar-refractivity contribution < 1.29 is 4.74 Å². The highest BCUT2D eigenvalue weighted by Gasteiger charge is 2.18. The number of ether oxygens (including phenoxy) is 1. The lowest BCUT2D eigenvalue weighted by molar-refractivity contribution is -0.0352. The Balaban J connectivity index is 1.98. The molecule has 1 fully saturated rings. The molecule has 2 nitrogen and oxygen atoms in total. The van der Waals surface area contributed by atoms with E-state index in [1.54, 1.807) is 0 Å². The molecule has 1 unspecified atom stereocenters. The molecule has 0 aliphatic carbocycles. The first-order valence-corrected chi connectivity index (χ1v) is 7.56. The number of piperidine rings is 1. The van der Waals surface area contributed by atoms with Crippen LogP contribution in [0.5, 0.6) is 0 Å². The molecule has 1 heterocycles. The predicted octanol–water partition coefficient (Wildman–Crippen LogP) is 3.85. The Morgan fingerprint density at radius 3 is 2.41 bits per heavy atom. The lowest BCUT2D eigenvalue weighted by Gasteiger charge is -2.31. The summed E-state index contributed by atoms with van der Waals surface area (Å²) in [6.07, 6.45) is 11.5. The highest BCUT2D eigenvalue weighted by atomic mass is 16.5. The first-order valence-electron chi connectivity index (χ1n) is 7.56. The summed E-state index contributed by atoms with van der Waals surface area (Å²) in [6.45, 7) is 6.92. The Labute approximate surface area is 108 Å². The van der Waals surface area contributed by atoms with Gasteiger partial charge in [0.15, 0.2) is 0 Å². The van der Waals surface area contributed by atoms with Gasteiger partial charge >= 0.3 is 0 Å². The van der Waals surface area contributed by atoms with Gasteiger partial charge in [-0.25, -0.2) is 0 Å². The number of hydrogen-bond acceptors (Lipinski definition) is 2. The quantitative estimate of drug-likeness (QED) is 0.599. The predicted molar refractivity (Wildman–Crippen MR) is 74.4 cm³/mol. The minimum atomic E-state index is 0.463. The molecule has 0 radical (unpaired) electrons. The second kappa shape index (κ2) is 8.93. The van der Waals surface area contributed by atoms with E-state index < -0.39 is 0 Å². The molecule has 102 valence electrons. The van der Waals surface area contributed by atoms with E-state index in [1.165, 1.54) is 64.5 Å². The fourth-order valence-corrected chi connectivity index (χ4v) is 2.55. The normalized spacial score (nSPS) is 20.6. The smallest absolute Gasteiger partial charge is 0.0603 e. The van der Waals surface area contributed by atoms with Crippen LogP contribution < -0.4 is 0 Å². The van der Waals surface area contributed by atoms with Crippen LogP contribution in [0.1, 0.15) is 65.2 Å². The summed E-state index contributed by atoms with van der Waals surface area (Å²) in [5.74, 6) is 0. The van der Waals surface area contributed by atoms with Crippen molar-refractivity contribution in [3.8, 4) is 0 Å². The maximum atomic E-state index is 6.12. The summed E-state index contributed by atoms with van der Waals surface area (Å²) in [4.78, 5) is 2.40. The van der Waals surface area contributed by atoms with Gasteiger partial charge in [-0.3, -0.25) is 0 Å². The van der Waals surface area contributed by atoms with Crippen LogP contribution in [0, 0.1) is 0 Å². The molecule has 0 amide bonds. The van der Waals surface area contributed by atoms with Crippen LogP contribution in [-0.2, 0) is 4.74 Å². The maximum absolute atomic E-state index is 6.12. The Kier molecular flexibility index (Phi) is 7.87. The van der Waals surface area contributed by atoms with Crippen LogP contribution in [0.4, 0.5) is 0 Å². The third-order valence-electron chi connectivity index (χ3n) is 3.80. The molecule has 0 bridgehead atoms. The first kappa shape index (κ1) is 15.0. The molecule has 17 heavy (non-hydrogen) atoms. The van der Waals surface area contributed by atoms with E-state index in [0.29, 0.717) is 12.2 Å². The van der Waals surface area contributed by atoms with Crippen molar-refractivity contribution >= 4 is 0 Å². The summed E-state index contributed by atoms with van der Waals surface area (Å²) in [6, 6.07) is 0. The fourth-order valence-electron chi connectivity index (χ4n) is 2.55. The van der Waals surface area contributed by atoms with E-state index in [2.05, 4.69) is 25.8 Å². The number of unbranched alkanes of at least 4 members (excludes halogenated alkanes) is 4. The van der Waals surface area contributed by atoms with Gasteiger partial charge in [-0.05, 0) is 33.2 Å². The van der Waals surface area contributed by atoms with Crippen molar-refractivity contribution in [2.75, 3.05) is 20.1 Å². The molecule has 1 saturated heterocycles. The average Bonchev–Trinajstić information content (AvgIpc) is 2.32. The summed E-state index contributed by atoms with van der Waals surface area (Å²) in [7, 11) is 2.20. The van der Waals surface area contributed by atoms with Crippen LogP contribution in [-0.4, -0.2) is 37.2 Å². The van der Waals surface area contributed by atoms with Gasteiger partial charge in [-0.15, -0.1) is 0 Å². The van der Waals surface area contributed by atoms with Crippen LogP contribution in [0.15, 0.2) is 0 Å². The number of likely N-dealkylation sites (tertiary alicyclic amines) is 1. The average molecular weight is 241 g/mol. The molecular weight excluding hydrogens is 210 g/mol. The van der Waals surface area contributed by atoms with E-state index in [1.807, 2.05) is 0 Å². The van der Waals surface area contributed by atoms with Crippen LogP contribution in [0.25, 0.3) is 0 Å². The van der Waals surface area contributed by atoms with Gasteiger partial charge in [0.25, 0.3) is 0 Å². The molecule has 1 rings (SSSR count). The summed E-state index contributed by atoms with van der Waals surface area (Å²) in [5.41, 5.74) is 0. The number of nitrogens with zero attached hydrogens (tertiary/aromatic N) is 1. The third kappa shape index (κ3) is 7.05. The molecule has 0 aromatic carbocycles. The van der Waals surface area contributed by atoms with Crippen LogP contribution >= 0.6 is 0 Å². The minimum Gasteiger partial charge on any atom is -0.375 e. The van der Waals surface area contributed by atoms with E-state index in [0.717, 1.165) is 0 Å². The second-order valence-electron chi connectivity index (χ2n) is 5.65. The van der Waals surface area contributed by atoms with Crippen molar-refractivity contribution in [2.45, 2.75) is 77.4 Å². The lowest BCUT2D eigenvalue weighted by Crippen LogP contribution is -2.35. The first-order chi connectivity index (χ1) is 8.22. The molecule has 1 aliphatic rings. The van der Waals surface area contributed by atoms with Crippen molar-refractivity contribution in [1.29, 1.82) is 0 Å². The Hall–Kier alpha value is -0.0800. The fraction of sp³-hybridized carbons (Fsp3) is 1.00. The minimum absolute atomic E-state index is 0.463. The molecule has 2 heteroatoms. The van der Waals surface area contributed by atoms with Crippen molar-refractivity contribution in [3.63, 3.8) is 0 Å². The highest BCUT2D eigenvalue weighted by molar-refractivity contribution is 4.71. The monoisotopic (exact) mass is 241 g/mol. The van der Waals surface area contributed by atoms with Gasteiger partial charge in [0.2, 0.25) is 0 Å². The van der Waals surface area contributed by atoms with Gasteiger partial charge in [0, 0.05) is 13.1 Å². The van der Waals surface area contributed by atoms with E-state index in [9.17, 15) is 0 Å². The zero-order valence-electron chi connectivity index (χ0n) is 12.1. The molecule has 0 spiro atoms. The number of hydrogen-bond donors (Lipinski definition) is 0. The zero-order valence-corrected chi connectivity index (χ0v) is 12.1. The van der Waals surface area contributed by atoms with E-state index in [-0.39, 0.29) is 0 Å². The molecule has 0 aromatic heterocycles. The zero-order chi connectivity index (χ0) is 12.5. The van der Waals surface area contributed by atoms with Gasteiger partial charge in [-0.2, -0.15) is 0 Å². The SMILES string of the molecule is CCCCCCCC(C)OC1CCN(C)CC1. The summed E-state index contributed by atoms with van der Waals surface area (Å²) in [5, 5.41) is 0. The maximum Gasteiger partial charge on any atom is 0.0603 e. The Morgan fingerprint density at radius 2 is 1.76 bits per heavy atom. The number of rotatable bonds is 8. The molecule has 0 saturated carbocycles. The molecular formula is C15H31NO. The van der Waals surface area contributed by atoms with Crippen LogP contribution in [0.3, 0.4) is 0 Å². The molecule has 0 aromatic rings. The van der Waals surface area contributed by atoms with E-state index >= 15 is 0 Å². The van der Waals surface area contributed by atoms with E-state index in [4.69, 9.17) is 4.74 Å². The topological polar surface area (TPSA) is 12.5 Å². The second-order valence-corrected chi connectivity index (χ2v) is 5.65. The van der Waals surface area contributed by atoms with Crippen molar-refractivity contribution in [1.82, 2.24) is 4.90 Å².